The molecule has 0 saturated heterocycles. The van der Waals surface area contributed by atoms with E-state index in [4.69, 9.17) is 4.42 Å². The van der Waals surface area contributed by atoms with E-state index in [9.17, 15) is 0 Å². The fourth-order valence-corrected chi connectivity index (χ4v) is 1.85. The Balaban J connectivity index is 2.06. The zero-order valence-electron chi connectivity index (χ0n) is 10.7. The van der Waals surface area contributed by atoms with Gasteiger partial charge in [-0.2, -0.15) is 0 Å². The van der Waals surface area contributed by atoms with Gasteiger partial charge in [0.2, 0.25) is 5.89 Å². The van der Waals surface area contributed by atoms with Gasteiger partial charge in [0.05, 0.1) is 11.3 Å². The Labute approximate surface area is 110 Å². The van der Waals surface area contributed by atoms with E-state index in [-0.39, 0.29) is 0 Å². The van der Waals surface area contributed by atoms with E-state index in [0.717, 1.165) is 22.4 Å². The first-order valence-electron chi connectivity index (χ1n) is 5.92. The SMILES string of the molecule is Cc1ccccc1-c1nnc(-c2cncnc2C)o1. The fourth-order valence-electron chi connectivity index (χ4n) is 1.85. The molecule has 5 nitrogen and oxygen atoms in total. The Morgan fingerprint density at radius 1 is 0.947 bits per heavy atom. The van der Waals surface area contributed by atoms with Crippen LogP contribution in [0.1, 0.15) is 11.3 Å². The molecule has 0 aliphatic carbocycles. The summed E-state index contributed by atoms with van der Waals surface area (Å²) in [5, 5.41) is 8.16. The van der Waals surface area contributed by atoms with E-state index >= 15 is 0 Å². The summed E-state index contributed by atoms with van der Waals surface area (Å²) >= 11 is 0. The minimum atomic E-state index is 0.441. The van der Waals surface area contributed by atoms with Crippen molar-refractivity contribution in [2.75, 3.05) is 0 Å². The van der Waals surface area contributed by atoms with Crippen LogP contribution in [0.4, 0.5) is 0 Å². The molecule has 3 rings (SSSR count). The molecular weight excluding hydrogens is 240 g/mol. The van der Waals surface area contributed by atoms with Gasteiger partial charge in [-0.1, -0.05) is 18.2 Å². The summed E-state index contributed by atoms with van der Waals surface area (Å²) in [5.41, 5.74) is 3.61. The van der Waals surface area contributed by atoms with Crippen LogP contribution in [-0.2, 0) is 0 Å². The highest BCUT2D eigenvalue weighted by molar-refractivity contribution is 5.61. The first-order valence-corrected chi connectivity index (χ1v) is 5.92. The maximum Gasteiger partial charge on any atom is 0.251 e. The molecule has 0 N–H and O–H groups in total. The van der Waals surface area contributed by atoms with Gasteiger partial charge in [0.1, 0.15) is 6.33 Å². The van der Waals surface area contributed by atoms with Crippen LogP contribution in [0.5, 0.6) is 0 Å². The number of nitrogens with zero attached hydrogens (tertiary/aromatic N) is 4. The van der Waals surface area contributed by atoms with Crippen LogP contribution in [0.2, 0.25) is 0 Å². The standard InChI is InChI=1S/C14H12N4O/c1-9-5-3-4-6-11(9)13-17-18-14(19-13)12-7-15-8-16-10(12)2/h3-8H,1-2H3. The number of aryl methyl sites for hydroxylation is 2. The average Bonchev–Trinajstić information content (AvgIpc) is 2.89. The molecular formula is C14H12N4O. The van der Waals surface area contributed by atoms with Gasteiger partial charge < -0.3 is 4.42 Å². The molecule has 0 atom stereocenters. The van der Waals surface area contributed by atoms with Crippen molar-refractivity contribution in [1.82, 2.24) is 20.2 Å². The summed E-state index contributed by atoms with van der Waals surface area (Å²) in [4.78, 5) is 8.10. The first-order chi connectivity index (χ1) is 9.25. The average molecular weight is 252 g/mol. The monoisotopic (exact) mass is 252 g/mol. The second-order valence-electron chi connectivity index (χ2n) is 4.25. The molecule has 0 amide bonds. The summed E-state index contributed by atoms with van der Waals surface area (Å²) in [5.74, 6) is 0.952. The minimum Gasteiger partial charge on any atom is -0.416 e. The molecule has 5 heteroatoms. The van der Waals surface area contributed by atoms with Crippen LogP contribution in [0, 0.1) is 13.8 Å². The minimum absolute atomic E-state index is 0.441. The molecule has 0 spiro atoms. The van der Waals surface area contributed by atoms with Crippen molar-refractivity contribution >= 4 is 0 Å². The third-order valence-electron chi connectivity index (χ3n) is 2.94. The van der Waals surface area contributed by atoms with Crippen LogP contribution in [0.15, 0.2) is 41.2 Å². The maximum absolute atomic E-state index is 5.72. The molecule has 19 heavy (non-hydrogen) atoms. The van der Waals surface area contributed by atoms with E-state index in [1.807, 2.05) is 38.1 Å². The Morgan fingerprint density at radius 3 is 2.42 bits per heavy atom. The molecule has 0 aliphatic rings. The second-order valence-corrected chi connectivity index (χ2v) is 4.25. The molecule has 0 fully saturated rings. The number of aromatic nitrogens is 4. The third-order valence-corrected chi connectivity index (χ3v) is 2.94. The quantitative estimate of drug-likeness (QED) is 0.701. The van der Waals surface area contributed by atoms with Crippen molar-refractivity contribution in [2.24, 2.45) is 0 Å². The summed E-state index contributed by atoms with van der Waals surface area (Å²) in [6.07, 6.45) is 3.18. The van der Waals surface area contributed by atoms with Gasteiger partial charge in [0.15, 0.2) is 0 Å². The lowest BCUT2D eigenvalue weighted by molar-refractivity contribution is 0.583. The Bertz CT molecular complexity index is 661. The van der Waals surface area contributed by atoms with Crippen molar-refractivity contribution in [3.05, 3.63) is 48.0 Å². The number of rotatable bonds is 2. The predicted octanol–water partition coefficient (Wildman–Crippen LogP) is 2.81. The highest BCUT2D eigenvalue weighted by atomic mass is 16.4. The predicted molar refractivity (Wildman–Crippen MR) is 70.2 cm³/mol. The van der Waals surface area contributed by atoms with Gasteiger partial charge in [-0.3, -0.25) is 0 Å². The smallest absolute Gasteiger partial charge is 0.251 e. The summed E-state index contributed by atoms with van der Waals surface area (Å²) in [6.45, 7) is 3.89. The normalized spacial score (nSPS) is 10.6. The van der Waals surface area contributed by atoms with Gasteiger partial charge in [0.25, 0.3) is 5.89 Å². The Kier molecular flexibility index (Phi) is 2.79. The molecule has 2 aromatic heterocycles. The number of benzene rings is 1. The van der Waals surface area contributed by atoms with Gasteiger partial charge >= 0.3 is 0 Å². The summed E-state index contributed by atoms with van der Waals surface area (Å²) < 4.78 is 5.72. The van der Waals surface area contributed by atoms with Crippen molar-refractivity contribution in [2.45, 2.75) is 13.8 Å². The first kappa shape index (κ1) is 11.5. The largest absolute Gasteiger partial charge is 0.416 e. The van der Waals surface area contributed by atoms with Crippen molar-refractivity contribution in [3.8, 4) is 22.9 Å². The van der Waals surface area contributed by atoms with E-state index in [2.05, 4.69) is 20.2 Å². The lowest BCUT2D eigenvalue weighted by Crippen LogP contribution is -1.88. The zero-order valence-corrected chi connectivity index (χ0v) is 10.7. The van der Waals surface area contributed by atoms with Crippen molar-refractivity contribution in [1.29, 1.82) is 0 Å². The van der Waals surface area contributed by atoms with Crippen LogP contribution >= 0.6 is 0 Å². The van der Waals surface area contributed by atoms with Crippen molar-refractivity contribution in [3.63, 3.8) is 0 Å². The van der Waals surface area contributed by atoms with E-state index in [0.29, 0.717) is 11.8 Å². The molecule has 0 bridgehead atoms. The molecule has 0 unspecified atom stereocenters. The Morgan fingerprint density at radius 2 is 1.68 bits per heavy atom. The van der Waals surface area contributed by atoms with Crippen LogP contribution < -0.4 is 0 Å². The van der Waals surface area contributed by atoms with Gasteiger partial charge in [-0.25, -0.2) is 9.97 Å². The lowest BCUT2D eigenvalue weighted by Gasteiger charge is -1.99. The topological polar surface area (TPSA) is 64.7 Å². The van der Waals surface area contributed by atoms with E-state index < -0.39 is 0 Å². The maximum atomic E-state index is 5.72. The highest BCUT2D eigenvalue weighted by Crippen LogP contribution is 2.26. The Hall–Kier alpha value is -2.56. The molecule has 0 saturated carbocycles. The third kappa shape index (κ3) is 2.10. The number of hydrogen-bond acceptors (Lipinski definition) is 5. The van der Waals surface area contributed by atoms with Crippen LogP contribution in [0.3, 0.4) is 0 Å². The van der Waals surface area contributed by atoms with Crippen molar-refractivity contribution < 1.29 is 4.42 Å². The fraction of sp³-hybridized carbons (Fsp3) is 0.143. The van der Waals surface area contributed by atoms with Crippen LogP contribution in [0.25, 0.3) is 22.9 Å². The van der Waals surface area contributed by atoms with E-state index in [1.54, 1.807) is 6.20 Å². The molecule has 1 aromatic carbocycles. The van der Waals surface area contributed by atoms with Crippen LogP contribution in [-0.4, -0.2) is 20.2 Å². The highest BCUT2D eigenvalue weighted by Gasteiger charge is 2.14. The molecule has 0 radical (unpaired) electrons. The lowest BCUT2D eigenvalue weighted by atomic mass is 10.1. The van der Waals surface area contributed by atoms with Gasteiger partial charge in [0, 0.05) is 11.8 Å². The summed E-state index contributed by atoms with van der Waals surface area (Å²) in [7, 11) is 0. The van der Waals surface area contributed by atoms with Gasteiger partial charge in [-0.15, -0.1) is 10.2 Å². The van der Waals surface area contributed by atoms with E-state index in [1.165, 1.54) is 6.33 Å². The molecule has 2 heterocycles. The molecule has 3 aromatic rings. The molecule has 0 aliphatic heterocycles. The van der Waals surface area contributed by atoms with Gasteiger partial charge in [-0.05, 0) is 25.5 Å². The zero-order chi connectivity index (χ0) is 13.2. The second kappa shape index (κ2) is 4.61. The molecule has 94 valence electrons. The number of hydrogen-bond donors (Lipinski definition) is 0. The summed E-state index contributed by atoms with van der Waals surface area (Å²) in [6, 6.07) is 7.89.